The van der Waals surface area contributed by atoms with Gasteiger partial charge in [-0.15, -0.1) is 0 Å². The lowest BCUT2D eigenvalue weighted by molar-refractivity contribution is 0.0717. The van der Waals surface area contributed by atoms with Crippen molar-refractivity contribution in [3.63, 3.8) is 0 Å². The summed E-state index contributed by atoms with van der Waals surface area (Å²) in [6.07, 6.45) is 2.95. The number of carbonyl (C=O) groups is 1. The normalized spacial score (nSPS) is 20.2. The first-order valence-electron chi connectivity index (χ1n) is 8.08. The van der Waals surface area contributed by atoms with Gasteiger partial charge in [0.15, 0.2) is 0 Å². The number of fused-ring (bicyclic) bond motifs is 1. The van der Waals surface area contributed by atoms with Crippen molar-refractivity contribution >= 4 is 16.9 Å². The second-order valence-electron chi connectivity index (χ2n) is 6.14. The van der Waals surface area contributed by atoms with E-state index in [-0.39, 0.29) is 24.3 Å². The number of β-amino-alcohol motifs (C(OH)–C–C–N with tert-alkyl or cyclic N) is 1. The number of hydrogen-bond acceptors (Lipinski definition) is 4. The third-order valence-corrected chi connectivity index (χ3v) is 4.52. The average molecular weight is 337 g/mol. The predicted molar refractivity (Wildman–Crippen MR) is 90.3 cm³/mol. The zero-order valence-electron chi connectivity index (χ0n) is 13.3. The molecule has 1 fully saturated rings. The maximum Gasteiger partial charge on any atom is 0.256 e. The van der Waals surface area contributed by atoms with Crippen LogP contribution < -0.4 is 0 Å². The van der Waals surface area contributed by atoms with Crippen LogP contribution >= 0.6 is 0 Å². The monoisotopic (exact) mass is 337 g/mol. The van der Waals surface area contributed by atoms with Gasteiger partial charge in [0, 0.05) is 18.9 Å². The number of nitrogens with zero attached hydrogens (tertiary/aromatic N) is 3. The summed E-state index contributed by atoms with van der Waals surface area (Å²) in [6, 6.07) is 11.0. The molecule has 126 valence electrons. The lowest BCUT2D eigenvalue weighted by Crippen LogP contribution is -2.32. The molecule has 2 aromatic carbocycles. The molecule has 1 amide bonds. The lowest BCUT2D eigenvalue weighted by Gasteiger charge is -2.25. The van der Waals surface area contributed by atoms with E-state index in [9.17, 15) is 14.3 Å². The van der Waals surface area contributed by atoms with Crippen molar-refractivity contribution in [1.29, 1.82) is 0 Å². The van der Waals surface area contributed by atoms with Gasteiger partial charge in [-0.2, -0.15) is 0 Å². The van der Waals surface area contributed by atoms with Gasteiger partial charge >= 0.3 is 0 Å². The summed E-state index contributed by atoms with van der Waals surface area (Å²) in [7, 11) is 0. The molecule has 2 atom stereocenters. The van der Waals surface area contributed by atoms with Crippen molar-refractivity contribution in [2.24, 2.45) is 0 Å². The Kier molecular flexibility index (Phi) is 3.89. The molecule has 2 heterocycles. The zero-order chi connectivity index (χ0) is 17.4. The summed E-state index contributed by atoms with van der Waals surface area (Å²) >= 11 is 0. The van der Waals surface area contributed by atoms with E-state index in [1.807, 2.05) is 0 Å². The fraction of sp³-hybridized carbons (Fsp3) is 0.211. The van der Waals surface area contributed by atoms with Crippen molar-refractivity contribution in [2.75, 3.05) is 6.54 Å². The molecule has 0 radical (unpaired) electrons. The number of aliphatic hydroxyl groups is 1. The molecule has 0 aliphatic carbocycles. The maximum atomic E-state index is 13.2. The van der Waals surface area contributed by atoms with Crippen molar-refractivity contribution in [3.8, 4) is 0 Å². The highest BCUT2D eigenvalue weighted by atomic mass is 19.1. The van der Waals surface area contributed by atoms with Gasteiger partial charge in [-0.25, -0.2) is 4.39 Å². The van der Waals surface area contributed by atoms with Gasteiger partial charge in [-0.1, -0.05) is 18.2 Å². The Morgan fingerprint density at radius 1 is 1.12 bits per heavy atom. The van der Waals surface area contributed by atoms with E-state index >= 15 is 0 Å². The number of benzene rings is 2. The molecule has 3 aromatic rings. The molecule has 0 spiro atoms. The fourth-order valence-electron chi connectivity index (χ4n) is 3.36. The molecule has 4 rings (SSSR count). The highest BCUT2D eigenvalue weighted by Gasteiger charge is 2.36. The minimum atomic E-state index is -0.611. The minimum Gasteiger partial charge on any atom is -0.391 e. The van der Waals surface area contributed by atoms with Crippen LogP contribution in [-0.4, -0.2) is 38.5 Å². The average Bonchev–Trinajstić information content (AvgIpc) is 3.03. The number of amides is 1. The van der Waals surface area contributed by atoms with E-state index < -0.39 is 6.10 Å². The molecule has 1 aliphatic rings. The van der Waals surface area contributed by atoms with E-state index in [4.69, 9.17) is 0 Å². The molecule has 25 heavy (non-hydrogen) atoms. The molecule has 0 unspecified atom stereocenters. The van der Waals surface area contributed by atoms with Gasteiger partial charge in [-0.05, 0) is 36.2 Å². The molecule has 0 saturated carbocycles. The van der Waals surface area contributed by atoms with Crippen LogP contribution in [0, 0.1) is 5.82 Å². The number of aromatic nitrogens is 2. The Morgan fingerprint density at radius 3 is 2.68 bits per heavy atom. The SMILES string of the molecule is O=C(c1cccc2nccnc12)N1C[C@H](O)C[C@@H]1c1ccc(F)cc1. The van der Waals surface area contributed by atoms with E-state index in [0.29, 0.717) is 23.0 Å². The Balaban J connectivity index is 1.73. The summed E-state index contributed by atoms with van der Waals surface area (Å²) in [5.41, 5.74) is 2.44. The van der Waals surface area contributed by atoms with Gasteiger partial charge < -0.3 is 10.0 Å². The summed E-state index contributed by atoms with van der Waals surface area (Å²) in [5, 5.41) is 10.1. The number of rotatable bonds is 2. The molecule has 5 nitrogen and oxygen atoms in total. The molecular formula is C19H16FN3O2. The van der Waals surface area contributed by atoms with Crippen molar-refractivity contribution < 1.29 is 14.3 Å². The smallest absolute Gasteiger partial charge is 0.256 e. The highest BCUT2D eigenvalue weighted by Crippen LogP contribution is 2.34. The van der Waals surface area contributed by atoms with Crippen molar-refractivity contribution in [1.82, 2.24) is 14.9 Å². The van der Waals surface area contributed by atoms with Gasteiger partial charge in [0.1, 0.15) is 11.3 Å². The highest BCUT2D eigenvalue weighted by molar-refractivity contribution is 6.04. The number of aliphatic hydroxyl groups excluding tert-OH is 1. The van der Waals surface area contributed by atoms with Gasteiger partial charge in [0.25, 0.3) is 5.91 Å². The van der Waals surface area contributed by atoms with Crippen LogP contribution in [0.3, 0.4) is 0 Å². The molecule has 1 N–H and O–H groups in total. The van der Waals surface area contributed by atoms with Crippen LogP contribution in [-0.2, 0) is 0 Å². The van der Waals surface area contributed by atoms with Crippen molar-refractivity contribution in [3.05, 3.63) is 71.8 Å². The topological polar surface area (TPSA) is 66.3 Å². The first-order chi connectivity index (χ1) is 12.1. The molecule has 1 aromatic heterocycles. The first-order valence-corrected chi connectivity index (χ1v) is 8.08. The van der Waals surface area contributed by atoms with Crippen molar-refractivity contribution in [2.45, 2.75) is 18.6 Å². The second kappa shape index (κ2) is 6.22. The standard InChI is InChI=1S/C19H16FN3O2/c20-13-6-4-12(5-7-13)17-10-14(24)11-23(17)19(25)15-2-1-3-16-18(15)22-9-8-21-16/h1-9,14,17,24H,10-11H2/t14-,17-/m1/s1. The zero-order valence-corrected chi connectivity index (χ0v) is 13.3. The number of carbonyl (C=O) groups excluding carboxylic acids is 1. The number of para-hydroxylation sites is 1. The summed E-state index contributed by atoms with van der Waals surface area (Å²) in [5.74, 6) is -0.540. The molecule has 1 saturated heterocycles. The Bertz CT molecular complexity index is 924. The summed E-state index contributed by atoms with van der Waals surface area (Å²) in [6.45, 7) is 0.234. The third kappa shape index (κ3) is 2.85. The van der Waals surface area contributed by atoms with E-state index in [0.717, 1.165) is 5.56 Å². The van der Waals surface area contributed by atoms with Crippen LogP contribution in [0.4, 0.5) is 4.39 Å². The van der Waals surface area contributed by atoms with E-state index in [1.165, 1.54) is 12.1 Å². The van der Waals surface area contributed by atoms with Crippen LogP contribution in [0.1, 0.15) is 28.4 Å². The second-order valence-corrected chi connectivity index (χ2v) is 6.14. The Hall–Kier alpha value is -2.86. The number of likely N-dealkylation sites (tertiary alicyclic amines) is 1. The van der Waals surface area contributed by atoms with Gasteiger partial charge in [0.05, 0.1) is 23.2 Å². The molecule has 0 bridgehead atoms. The molecular weight excluding hydrogens is 321 g/mol. The van der Waals surface area contributed by atoms with Crippen LogP contribution in [0.15, 0.2) is 54.9 Å². The van der Waals surface area contributed by atoms with Gasteiger partial charge in [0.2, 0.25) is 0 Å². The van der Waals surface area contributed by atoms with Crippen LogP contribution in [0.25, 0.3) is 11.0 Å². The quantitative estimate of drug-likeness (QED) is 0.781. The largest absolute Gasteiger partial charge is 0.391 e. The Labute approximate surface area is 143 Å². The minimum absolute atomic E-state index is 0.211. The number of halogens is 1. The predicted octanol–water partition coefficient (Wildman–Crippen LogP) is 2.72. The lowest BCUT2D eigenvalue weighted by atomic mass is 10.0. The number of hydrogen-bond donors (Lipinski definition) is 1. The van der Waals surface area contributed by atoms with E-state index in [1.54, 1.807) is 47.6 Å². The van der Waals surface area contributed by atoms with Crippen LogP contribution in [0.2, 0.25) is 0 Å². The fourth-order valence-corrected chi connectivity index (χ4v) is 3.36. The molecule has 1 aliphatic heterocycles. The maximum absolute atomic E-state index is 13.2. The van der Waals surface area contributed by atoms with E-state index in [2.05, 4.69) is 9.97 Å². The summed E-state index contributed by atoms with van der Waals surface area (Å²) in [4.78, 5) is 23.3. The Morgan fingerprint density at radius 2 is 1.88 bits per heavy atom. The van der Waals surface area contributed by atoms with Crippen LogP contribution in [0.5, 0.6) is 0 Å². The van der Waals surface area contributed by atoms with Gasteiger partial charge in [-0.3, -0.25) is 14.8 Å². The third-order valence-electron chi connectivity index (χ3n) is 4.52. The first kappa shape index (κ1) is 15.7. The molecule has 6 heteroatoms. The summed E-state index contributed by atoms with van der Waals surface area (Å²) < 4.78 is 13.2.